The summed E-state index contributed by atoms with van der Waals surface area (Å²) in [7, 11) is 0. The van der Waals surface area contributed by atoms with Crippen LogP contribution in [0.5, 0.6) is 0 Å². The number of nitrogens with zero attached hydrogens (tertiary/aromatic N) is 1. The van der Waals surface area contributed by atoms with Crippen molar-refractivity contribution < 1.29 is 9.32 Å². The lowest BCUT2D eigenvalue weighted by molar-refractivity contribution is -0.120. The number of Topliss-reactive ketones (excluding diaryl/α,β-unsaturated/α-hetero) is 1. The molecule has 0 bridgehead atoms. The standard InChI is InChI=1S/C12H18BrNO2/c1-11(2,3)9-6-8(16-14-9)7-10(15)12(4,5)13/h6H,7H2,1-5H3. The summed E-state index contributed by atoms with van der Waals surface area (Å²) in [6.45, 7) is 9.84. The van der Waals surface area contributed by atoms with Crippen molar-refractivity contribution >= 4 is 21.7 Å². The number of carbonyl (C=O) groups is 1. The van der Waals surface area contributed by atoms with E-state index in [1.54, 1.807) is 0 Å². The predicted molar refractivity (Wildman–Crippen MR) is 66.9 cm³/mol. The fraction of sp³-hybridized carbons (Fsp3) is 0.667. The first-order valence-electron chi connectivity index (χ1n) is 5.29. The molecule has 0 unspecified atom stereocenters. The van der Waals surface area contributed by atoms with E-state index in [1.807, 2.05) is 19.9 Å². The molecule has 0 aromatic carbocycles. The van der Waals surface area contributed by atoms with Gasteiger partial charge in [0.05, 0.1) is 16.4 Å². The maximum Gasteiger partial charge on any atom is 0.156 e. The number of hydrogen-bond acceptors (Lipinski definition) is 3. The number of hydrogen-bond donors (Lipinski definition) is 0. The van der Waals surface area contributed by atoms with Crippen LogP contribution in [0.15, 0.2) is 10.6 Å². The minimum absolute atomic E-state index is 0.0469. The lowest BCUT2D eigenvalue weighted by atomic mass is 9.92. The molecule has 4 heteroatoms. The third kappa shape index (κ3) is 3.44. The van der Waals surface area contributed by atoms with Gasteiger partial charge in [0.1, 0.15) is 5.76 Å². The molecule has 0 aliphatic heterocycles. The van der Waals surface area contributed by atoms with Crippen LogP contribution in [-0.2, 0) is 16.6 Å². The normalized spacial score (nSPS) is 12.9. The molecule has 0 amide bonds. The number of halogens is 1. The van der Waals surface area contributed by atoms with Gasteiger partial charge in [0.25, 0.3) is 0 Å². The third-order valence-electron chi connectivity index (χ3n) is 2.33. The van der Waals surface area contributed by atoms with Crippen LogP contribution in [0, 0.1) is 0 Å². The first-order chi connectivity index (χ1) is 7.10. The van der Waals surface area contributed by atoms with Crippen molar-refractivity contribution in [1.29, 1.82) is 0 Å². The van der Waals surface area contributed by atoms with Gasteiger partial charge in [-0.3, -0.25) is 4.79 Å². The number of aromatic nitrogens is 1. The van der Waals surface area contributed by atoms with Crippen LogP contribution in [-0.4, -0.2) is 15.3 Å². The van der Waals surface area contributed by atoms with E-state index in [4.69, 9.17) is 4.52 Å². The molecule has 1 aromatic rings. The molecule has 0 saturated carbocycles. The van der Waals surface area contributed by atoms with Crippen molar-refractivity contribution in [3.63, 3.8) is 0 Å². The van der Waals surface area contributed by atoms with Crippen LogP contribution in [0.4, 0.5) is 0 Å². The number of carbonyl (C=O) groups excluding carboxylic acids is 1. The Labute approximate surface area is 105 Å². The Hall–Kier alpha value is -0.640. The molecule has 0 atom stereocenters. The molecular formula is C12H18BrNO2. The maximum absolute atomic E-state index is 11.8. The number of ketones is 1. The van der Waals surface area contributed by atoms with Gasteiger partial charge in [-0.1, -0.05) is 41.9 Å². The summed E-state index contributed by atoms with van der Waals surface area (Å²) in [6.07, 6.45) is 0.279. The number of rotatable bonds is 3. The monoisotopic (exact) mass is 287 g/mol. The molecule has 1 rings (SSSR count). The van der Waals surface area contributed by atoms with Gasteiger partial charge in [0, 0.05) is 11.5 Å². The van der Waals surface area contributed by atoms with Crippen molar-refractivity contribution in [2.75, 3.05) is 0 Å². The minimum atomic E-state index is -0.512. The summed E-state index contributed by atoms with van der Waals surface area (Å²) in [6, 6.07) is 1.86. The maximum atomic E-state index is 11.8. The van der Waals surface area contributed by atoms with Crippen molar-refractivity contribution in [2.45, 2.75) is 50.8 Å². The molecule has 0 aliphatic rings. The Bertz CT molecular complexity index is 382. The molecule has 90 valence electrons. The summed E-state index contributed by atoms with van der Waals surface area (Å²) in [5, 5.41) is 3.98. The Balaban J connectivity index is 2.78. The van der Waals surface area contributed by atoms with Crippen LogP contribution < -0.4 is 0 Å². The molecule has 1 aromatic heterocycles. The molecule has 0 spiro atoms. The second-order valence-corrected chi connectivity index (χ2v) is 7.48. The largest absolute Gasteiger partial charge is 0.361 e. The van der Waals surface area contributed by atoms with E-state index < -0.39 is 4.32 Å². The van der Waals surface area contributed by atoms with Crippen molar-refractivity contribution in [1.82, 2.24) is 5.16 Å². The summed E-state index contributed by atoms with van der Waals surface area (Å²) >= 11 is 3.34. The quantitative estimate of drug-likeness (QED) is 0.802. The summed E-state index contributed by atoms with van der Waals surface area (Å²) < 4.78 is 4.65. The first-order valence-corrected chi connectivity index (χ1v) is 6.08. The minimum Gasteiger partial charge on any atom is -0.361 e. The molecule has 0 saturated heterocycles. The fourth-order valence-electron chi connectivity index (χ4n) is 1.12. The highest BCUT2D eigenvalue weighted by molar-refractivity contribution is 9.10. The first kappa shape index (κ1) is 13.4. The molecule has 3 nitrogen and oxygen atoms in total. The van der Waals surface area contributed by atoms with Crippen LogP contribution in [0.3, 0.4) is 0 Å². The summed E-state index contributed by atoms with van der Waals surface area (Å²) in [5.41, 5.74) is 0.831. The van der Waals surface area contributed by atoms with Crippen LogP contribution in [0.2, 0.25) is 0 Å². The van der Waals surface area contributed by atoms with E-state index in [2.05, 4.69) is 41.9 Å². The molecule has 0 radical (unpaired) electrons. The highest BCUT2D eigenvalue weighted by Gasteiger charge is 2.26. The zero-order chi connectivity index (χ0) is 12.6. The topological polar surface area (TPSA) is 43.1 Å². The smallest absolute Gasteiger partial charge is 0.156 e. The zero-order valence-corrected chi connectivity index (χ0v) is 12.0. The van der Waals surface area contributed by atoms with Gasteiger partial charge in [-0.2, -0.15) is 0 Å². The van der Waals surface area contributed by atoms with Gasteiger partial charge in [-0.25, -0.2) is 0 Å². The number of alkyl halides is 1. The van der Waals surface area contributed by atoms with E-state index in [0.29, 0.717) is 5.76 Å². The lowest BCUT2D eigenvalue weighted by Crippen LogP contribution is -2.25. The Morgan fingerprint density at radius 2 is 1.94 bits per heavy atom. The van der Waals surface area contributed by atoms with Crippen molar-refractivity contribution in [3.8, 4) is 0 Å². The van der Waals surface area contributed by atoms with Crippen LogP contribution >= 0.6 is 15.9 Å². The average Bonchev–Trinajstić information content (AvgIpc) is 2.49. The molecule has 0 N–H and O–H groups in total. The Kier molecular flexibility index (Phi) is 3.62. The van der Waals surface area contributed by atoms with Crippen molar-refractivity contribution in [3.05, 3.63) is 17.5 Å². The summed E-state index contributed by atoms with van der Waals surface area (Å²) in [5.74, 6) is 0.714. The second kappa shape index (κ2) is 4.32. The third-order valence-corrected chi connectivity index (χ3v) is 2.77. The van der Waals surface area contributed by atoms with Gasteiger partial charge >= 0.3 is 0 Å². The fourth-order valence-corrected chi connectivity index (χ4v) is 1.26. The van der Waals surface area contributed by atoms with E-state index in [9.17, 15) is 4.79 Å². The Morgan fingerprint density at radius 3 is 2.31 bits per heavy atom. The second-order valence-electron chi connectivity index (χ2n) is 5.50. The highest BCUT2D eigenvalue weighted by atomic mass is 79.9. The van der Waals surface area contributed by atoms with Crippen LogP contribution in [0.1, 0.15) is 46.1 Å². The predicted octanol–water partition coefficient (Wildman–Crippen LogP) is 3.26. The average molecular weight is 288 g/mol. The van der Waals surface area contributed by atoms with Gasteiger partial charge in [-0.15, -0.1) is 0 Å². The SMILES string of the molecule is CC(C)(Br)C(=O)Cc1cc(C(C)(C)C)no1. The molecule has 0 fully saturated rings. The van der Waals surface area contributed by atoms with Crippen LogP contribution in [0.25, 0.3) is 0 Å². The van der Waals surface area contributed by atoms with Gasteiger partial charge in [0.2, 0.25) is 0 Å². The molecule has 0 aliphatic carbocycles. The summed E-state index contributed by atoms with van der Waals surface area (Å²) in [4.78, 5) is 11.8. The van der Waals surface area contributed by atoms with E-state index in [0.717, 1.165) is 5.69 Å². The molecule has 16 heavy (non-hydrogen) atoms. The van der Waals surface area contributed by atoms with Gasteiger partial charge in [-0.05, 0) is 13.8 Å². The molecule has 1 heterocycles. The highest BCUT2D eigenvalue weighted by Crippen LogP contribution is 2.24. The van der Waals surface area contributed by atoms with E-state index >= 15 is 0 Å². The van der Waals surface area contributed by atoms with Gasteiger partial charge in [0.15, 0.2) is 5.78 Å². The Morgan fingerprint density at radius 1 is 1.38 bits per heavy atom. The van der Waals surface area contributed by atoms with Crippen molar-refractivity contribution in [2.24, 2.45) is 0 Å². The van der Waals surface area contributed by atoms with Gasteiger partial charge < -0.3 is 4.52 Å². The van der Waals surface area contributed by atoms with E-state index in [-0.39, 0.29) is 17.6 Å². The zero-order valence-electron chi connectivity index (χ0n) is 10.4. The van der Waals surface area contributed by atoms with E-state index in [1.165, 1.54) is 0 Å². The molecular weight excluding hydrogens is 270 g/mol. The lowest BCUT2D eigenvalue weighted by Gasteiger charge is -2.13.